The number of carbonyl (C=O) groups is 1. The number of aromatic nitrogens is 2. The summed E-state index contributed by atoms with van der Waals surface area (Å²) in [5.74, 6) is 4.97. The van der Waals surface area contributed by atoms with Gasteiger partial charge in [0, 0.05) is 54.7 Å². The summed E-state index contributed by atoms with van der Waals surface area (Å²) in [6.07, 6.45) is 3.45. The Labute approximate surface area is 222 Å². The second-order valence-corrected chi connectivity index (χ2v) is 11.1. The molecule has 0 saturated carbocycles. The molecule has 0 spiro atoms. The van der Waals surface area contributed by atoms with E-state index in [0.717, 1.165) is 48.9 Å². The third kappa shape index (κ3) is 5.01. The van der Waals surface area contributed by atoms with Crippen molar-refractivity contribution in [3.63, 3.8) is 0 Å². The Balaban J connectivity index is 1.27. The number of hydrogen-bond donors (Lipinski definition) is 4. The van der Waals surface area contributed by atoms with Crippen molar-refractivity contribution in [3.05, 3.63) is 70.3 Å². The number of aryl methyl sites for hydroxylation is 2. The van der Waals surface area contributed by atoms with Crippen molar-refractivity contribution in [2.24, 2.45) is 5.84 Å². The number of likely N-dealkylation sites (tertiary alicyclic amines) is 1. The minimum atomic E-state index is -0.645. The van der Waals surface area contributed by atoms with Crippen LogP contribution in [0.3, 0.4) is 0 Å². The molecule has 0 aliphatic carbocycles. The van der Waals surface area contributed by atoms with Crippen LogP contribution in [-0.2, 0) is 13.1 Å². The van der Waals surface area contributed by atoms with Crippen LogP contribution in [0.5, 0.6) is 0 Å². The van der Waals surface area contributed by atoms with Crippen molar-refractivity contribution in [2.75, 3.05) is 23.0 Å². The van der Waals surface area contributed by atoms with E-state index in [4.69, 9.17) is 16.6 Å². The highest BCUT2D eigenvalue weighted by Gasteiger charge is 2.41. The van der Waals surface area contributed by atoms with E-state index < -0.39 is 11.4 Å². The van der Waals surface area contributed by atoms with E-state index in [1.54, 1.807) is 4.90 Å². The number of nitrogens with two attached hydrogens (primary N) is 2. The molecule has 2 aliphatic rings. The SMILES string of the molecule is Cc1cc(C)cc(Nc2ncc3c(n2)CN(C2CCN(C(=O)c4cc(N)c(NN)cc4F)C(C)(C)C2)C3)c1. The van der Waals surface area contributed by atoms with Gasteiger partial charge >= 0.3 is 0 Å². The summed E-state index contributed by atoms with van der Waals surface area (Å²) < 4.78 is 14.7. The van der Waals surface area contributed by atoms with Crippen molar-refractivity contribution in [3.8, 4) is 0 Å². The normalized spacial score (nSPS) is 18.8. The molecule has 3 aromatic rings. The number of anilines is 4. The number of piperidine rings is 1. The monoisotopic (exact) mass is 518 g/mol. The smallest absolute Gasteiger partial charge is 0.257 e. The van der Waals surface area contributed by atoms with Crippen LogP contribution in [0, 0.1) is 19.7 Å². The predicted molar refractivity (Wildman–Crippen MR) is 147 cm³/mol. The molecule has 200 valence electrons. The molecule has 1 amide bonds. The first-order chi connectivity index (χ1) is 18.0. The van der Waals surface area contributed by atoms with Gasteiger partial charge in [-0.25, -0.2) is 14.4 Å². The number of benzene rings is 2. The van der Waals surface area contributed by atoms with Gasteiger partial charge in [0.1, 0.15) is 5.82 Å². The van der Waals surface area contributed by atoms with Crippen molar-refractivity contribution < 1.29 is 9.18 Å². The zero-order valence-electron chi connectivity index (χ0n) is 22.3. The highest BCUT2D eigenvalue weighted by Crippen LogP contribution is 2.36. The zero-order chi connectivity index (χ0) is 27.2. The number of nitrogens with one attached hydrogen (secondary N) is 2. The quantitative estimate of drug-likeness (QED) is 0.225. The number of hydrazine groups is 1. The summed E-state index contributed by atoms with van der Waals surface area (Å²) in [5, 5.41) is 3.34. The van der Waals surface area contributed by atoms with Crippen LogP contribution >= 0.6 is 0 Å². The number of amides is 1. The van der Waals surface area contributed by atoms with Crippen LogP contribution < -0.4 is 22.3 Å². The second kappa shape index (κ2) is 9.85. The number of halogens is 1. The molecule has 0 bridgehead atoms. The number of nitrogen functional groups attached to an aromatic ring is 2. The highest BCUT2D eigenvalue weighted by molar-refractivity contribution is 5.97. The van der Waals surface area contributed by atoms with Gasteiger partial charge in [-0.3, -0.25) is 15.5 Å². The molecule has 38 heavy (non-hydrogen) atoms. The van der Waals surface area contributed by atoms with Crippen molar-refractivity contribution in [1.29, 1.82) is 0 Å². The molecular weight excluding hydrogens is 483 g/mol. The van der Waals surface area contributed by atoms with E-state index in [-0.39, 0.29) is 28.9 Å². The Morgan fingerprint density at radius 3 is 2.55 bits per heavy atom. The maximum absolute atomic E-state index is 14.7. The Morgan fingerprint density at radius 1 is 1.13 bits per heavy atom. The molecule has 3 heterocycles. The van der Waals surface area contributed by atoms with Crippen LogP contribution in [0.1, 0.15) is 59.4 Å². The lowest BCUT2D eigenvalue weighted by molar-refractivity contribution is 0.0153. The maximum Gasteiger partial charge on any atom is 0.257 e. The molecular formula is C28H35FN8O. The average molecular weight is 519 g/mol. The summed E-state index contributed by atoms with van der Waals surface area (Å²) in [7, 11) is 0. The van der Waals surface area contributed by atoms with Crippen LogP contribution in [0.4, 0.5) is 27.4 Å². The lowest BCUT2D eigenvalue weighted by Gasteiger charge is -2.48. The van der Waals surface area contributed by atoms with Crippen LogP contribution in [0.25, 0.3) is 0 Å². The van der Waals surface area contributed by atoms with Crippen LogP contribution in [0.2, 0.25) is 0 Å². The predicted octanol–water partition coefficient (Wildman–Crippen LogP) is 4.24. The molecule has 1 unspecified atom stereocenters. The fourth-order valence-electron chi connectivity index (χ4n) is 5.75. The minimum absolute atomic E-state index is 0.0410. The van der Waals surface area contributed by atoms with Crippen molar-refractivity contribution >= 4 is 28.9 Å². The first kappa shape index (κ1) is 25.9. The van der Waals surface area contributed by atoms with Gasteiger partial charge in [-0.2, -0.15) is 0 Å². The van der Waals surface area contributed by atoms with Gasteiger partial charge in [-0.1, -0.05) is 6.07 Å². The third-order valence-electron chi connectivity index (χ3n) is 7.60. The molecule has 2 aliphatic heterocycles. The van der Waals surface area contributed by atoms with E-state index in [0.29, 0.717) is 12.5 Å². The molecule has 1 saturated heterocycles. The average Bonchev–Trinajstić information content (AvgIpc) is 3.27. The minimum Gasteiger partial charge on any atom is -0.397 e. The Morgan fingerprint density at radius 2 is 1.87 bits per heavy atom. The fraction of sp³-hybridized carbons (Fsp3) is 0.393. The van der Waals surface area contributed by atoms with Crippen molar-refractivity contribution in [1.82, 2.24) is 19.8 Å². The number of fused-ring (bicyclic) bond motifs is 1. The summed E-state index contributed by atoms with van der Waals surface area (Å²) in [6.45, 7) is 10.2. The maximum atomic E-state index is 14.7. The molecule has 9 nitrogen and oxygen atoms in total. The number of hydrogen-bond acceptors (Lipinski definition) is 8. The summed E-state index contributed by atoms with van der Waals surface area (Å²) in [4.78, 5) is 26.9. The largest absolute Gasteiger partial charge is 0.397 e. The molecule has 1 fully saturated rings. The topological polar surface area (TPSA) is 125 Å². The molecule has 10 heteroatoms. The molecule has 1 aromatic heterocycles. The van der Waals surface area contributed by atoms with Crippen molar-refractivity contribution in [2.45, 2.75) is 65.2 Å². The van der Waals surface area contributed by atoms with E-state index >= 15 is 0 Å². The van der Waals surface area contributed by atoms with E-state index in [1.165, 1.54) is 17.2 Å². The standard InChI is InChI=1S/C28H35FN8O/c1-16-7-17(2)9-19(8-16)33-27-32-13-18-14-36(15-25(18)34-27)20-5-6-37(28(3,4)12-20)26(38)21-10-23(30)24(35-31)11-22(21)29/h7-11,13,20,35H,5-6,12,14-15,30-31H2,1-4H3,(H,32,33,34). The van der Waals surface area contributed by atoms with Gasteiger partial charge in [0.15, 0.2) is 0 Å². The lowest BCUT2D eigenvalue weighted by Crippen LogP contribution is -2.56. The van der Waals surface area contributed by atoms with Gasteiger partial charge in [0.25, 0.3) is 5.91 Å². The summed E-state index contributed by atoms with van der Waals surface area (Å²) >= 11 is 0. The lowest BCUT2D eigenvalue weighted by atomic mass is 9.85. The molecule has 6 N–H and O–H groups in total. The van der Waals surface area contributed by atoms with Crippen LogP contribution in [-0.4, -0.2) is 43.8 Å². The van der Waals surface area contributed by atoms with E-state index in [2.05, 4.69) is 52.7 Å². The second-order valence-electron chi connectivity index (χ2n) is 11.1. The first-order valence-corrected chi connectivity index (χ1v) is 12.9. The fourth-order valence-corrected chi connectivity index (χ4v) is 5.75. The van der Waals surface area contributed by atoms with Gasteiger partial charge in [-0.05, 0) is 69.9 Å². The van der Waals surface area contributed by atoms with E-state index in [1.807, 2.05) is 20.0 Å². The molecule has 1 atom stereocenters. The highest BCUT2D eigenvalue weighted by atomic mass is 19.1. The Bertz CT molecular complexity index is 1370. The van der Waals surface area contributed by atoms with Gasteiger partial charge in [-0.15, -0.1) is 0 Å². The summed E-state index contributed by atoms with van der Waals surface area (Å²) in [5.41, 5.74) is 13.8. The van der Waals surface area contributed by atoms with E-state index in [9.17, 15) is 9.18 Å². The third-order valence-corrected chi connectivity index (χ3v) is 7.60. The molecule has 0 radical (unpaired) electrons. The Hall–Kier alpha value is -3.76. The Kier molecular flexibility index (Phi) is 6.70. The molecule has 2 aromatic carbocycles. The number of rotatable bonds is 5. The summed E-state index contributed by atoms with van der Waals surface area (Å²) in [6, 6.07) is 9.07. The van der Waals surface area contributed by atoms with Crippen LogP contribution in [0.15, 0.2) is 36.5 Å². The van der Waals surface area contributed by atoms with Gasteiger partial charge in [0.2, 0.25) is 5.95 Å². The zero-order valence-corrected chi connectivity index (χ0v) is 22.3. The molecule has 5 rings (SSSR count). The first-order valence-electron chi connectivity index (χ1n) is 12.9. The van der Waals surface area contributed by atoms with Gasteiger partial charge in [0.05, 0.1) is 22.6 Å². The number of nitrogens with zero attached hydrogens (tertiary/aromatic N) is 4. The van der Waals surface area contributed by atoms with Gasteiger partial charge < -0.3 is 21.4 Å². The number of carbonyl (C=O) groups excluding carboxylic acids is 1.